The van der Waals surface area contributed by atoms with E-state index in [9.17, 15) is 4.79 Å². The van der Waals surface area contributed by atoms with Crippen molar-refractivity contribution >= 4 is 17.7 Å². The number of carbonyl (C=O) groups is 1. The number of nitrogens with one attached hydrogen (secondary N) is 2. The number of hydrogen-bond acceptors (Lipinski definition) is 5. The van der Waals surface area contributed by atoms with Crippen molar-refractivity contribution in [3.8, 4) is 17.0 Å². The van der Waals surface area contributed by atoms with Gasteiger partial charge in [0.05, 0.1) is 11.4 Å². The summed E-state index contributed by atoms with van der Waals surface area (Å²) in [5.74, 6) is 0.584. The second-order valence-electron chi connectivity index (χ2n) is 6.59. The summed E-state index contributed by atoms with van der Waals surface area (Å²) in [5.41, 5.74) is 5.03. The zero-order valence-corrected chi connectivity index (χ0v) is 16.2. The van der Waals surface area contributed by atoms with Gasteiger partial charge in [-0.15, -0.1) is 0 Å². The number of hydrogen-bond donors (Lipinski definition) is 2. The molecule has 0 aliphatic rings. The third-order valence-electron chi connectivity index (χ3n) is 4.45. The summed E-state index contributed by atoms with van der Waals surface area (Å²) in [7, 11) is 1.88. The Morgan fingerprint density at radius 1 is 1.07 bits per heavy atom. The van der Waals surface area contributed by atoms with Gasteiger partial charge in [0.2, 0.25) is 5.88 Å². The van der Waals surface area contributed by atoms with Crippen molar-refractivity contribution in [3.63, 3.8) is 0 Å². The molecule has 144 valence electrons. The predicted octanol–water partition coefficient (Wildman–Crippen LogP) is 4.76. The molecular weight excluding hydrogens is 350 g/mol. The minimum absolute atomic E-state index is 0.0344. The van der Waals surface area contributed by atoms with Crippen LogP contribution in [0.15, 0.2) is 66.9 Å². The maximum absolute atomic E-state index is 10.8. The van der Waals surface area contributed by atoms with Gasteiger partial charge in [0.25, 0.3) is 0 Å². The molecule has 3 aromatic rings. The lowest BCUT2D eigenvalue weighted by molar-refractivity contribution is -0.107. The number of benzene rings is 2. The summed E-state index contributed by atoms with van der Waals surface area (Å²) in [6, 6.07) is 20.0. The smallest absolute Gasteiger partial charge is 0.213 e. The van der Waals surface area contributed by atoms with Crippen molar-refractivity contribution in [2.24, 2.45) is 0 Å². The summed E-state index contributed by atoms with van der Waals surface area (Å²) in [5, 5.41) is 6.65. The first-order chi connectivity index (χ1) is 13.7. The van der Waals surface area contributed by atoms with Crippen LogP contribution in [-0.2, 0) is 11.4 Å². The SMILES string of the molecule is CNc1cccc(-c2ccc(OCc3ccccc3)nc2)c1N[C@H](C)CC=O. The van der Waals surface area contributed by atoms with Gasteiger partial charge in [-0.25, -0.2) is 4.98 Å². The molecule has 0 amide bonds. The van der Waals surface area contributed by atoms with Crippen LogP contribution < -0.4 is 15.4 Å². The summed E-state index contributed by atoms with van der Waals surface area (Å²) in [6.45, 7) is 2.47. The molecule has 0 radical (unpaired) electrons. The molecule has 2 N–H and O–H groups in total. The number of carbonyl (C=O) groups excluding carboxylic acids is 1. The molecule has 0 spiro atoms. The van der Waals surface area contributed by atoms with E-state index in [4.69, 9.17) is 4.74 Å². The Labute approximate surface area is 165 Å². The normalized spacial score (nSPS) is 11.5. The largest absolute Gasteiger partial charge is 0.473 e. The minimum atomic E-state index is 0.0344. The number of anilines is 2. The van der Waals surface area contributed by atoms with Gasteiger partial charge >= 0.3 is 0 Å². The highest BCUT2D eigenvalue weighted by molar-refractivity contribution is 5.87. The van der Waals surface area contributed by atoms with Crippen LogP contribution in [0.25, 0.3) is 11.1 Å². The highest BCUT2D eigenvalue weighted by Gasteiger charge is 2.12. The lowest BCUT2D eigenvalue weighted by Crippen LogP contribution is -2.17. The minimum Gasteiger partial charge on any atom is -0.473 e. The summed E-state index contributed by atoms with van der Waals surface area (Å²) >= 11 is 0. The molecule has 0 fully saturated rings. The first kappa shape index (κ1) is 19.4. The van der Waals surface area contributed by atoms with Crippen molar-refractivity contribution in [1.29, 1.82) is 0 Å². The maximum atomic E-state index is 10.8. The van der Waals surface area contributed by atoms with Crippen LogP contribution in [0.5, 0.6) is 5.88 Å². The number of rotatable bonds is 9. The van der Waals surface area contributed by atoms with E-state index < -0.39 is 0 Å². The van der Waals surface area contributed by atoms with Gasteiger partial charge in [0, 0.05) is 42.9 Å². The molecule has 0 saturated heterocycles. The summed E-state index contributed by atoms with van der Waals surface area (Å²) in [4.78, 5) is 15.3. The van der Waals surface area contributed by atoms with E-state index in [0.717, 1.165) is 34.4 Å². The van der Waals surface area contributed by atoms with Crippen LogP contribution in [0.1, 0.15) is 18.9 Å². The van der Waals surface area contributed by atoms with Gasteiger partial charge in [-0.1, -0.05) is 42.5 Å². The summed E-state index contributed by atoms with van der Waals surface area (Å²) < 4.78 is 5.78. The third-order valence-corrected chi connectivity index (χ3v) is 4.45. The Morgan fingerprint density at radius 3 is 2.57 bits per heavy atom. The molecule has 28 heavy (non-hydrogen) atoms. The van der Waals surface area contributed by atoms with E-state index in [-0.39, 0.29) is 6.04 Å². The van der Waals surface area contributed by atoms with Crippen LogP contribution in [0, 0.1) is 0 Å². The molecular formula is C23H25N3O2. The lowest BCUT2D eigenvalue weighted by atomic mass is 10.0. The fourth-order valence-corrected chi connectivity index (χ4v) is 2.96. The molecule has 1 atom stereocenters. The molecule has 3 rings (SSSR count). The first-order valence-corrected chi connectivity index (χ1v) is 9.35. The van der Waals surface area contributed by atoms with E-state index in [1.54, 1.807) is 0 Å². The van der Waals surface area contributed by atoms with Gasteiger partial charge in [-0.2, -0.15) is 0 Å². The first-order valence-electron chi connectivity index (χ1n) is 9.35. The Bertz CT molecular complexity index is 895. The van der Waals surface area contributed by atoms with E-state index >= 15 is 0 Å². The van der Waals surface area contributed by atoms with Crippen molar-refractivity contribution in [2.45, 2.75) is 26.0 Å². The third kappa shape index (κ3) is 4.88. The average Bonchev–Trinajstić information content (AvgIpc) is 2.74. The number of para-hydroxylation sites is 1. The Kier molecular flexibility index (Phi) is 6.63. The highest BCUT2D eigenvalue weighted by Crippen LogP contribution is 2.35. The van der Waals surface area contributed by atoms with E-state index in [2.05, 4.69) is 15.6 Å². The number of aldehydes is 1. The molecule has 2 aromatic carbocycles. The van der Waals surface area contributed by atoms with Crippen molar-refractivity contribution in [3.05, 3.63) is 72.4 Å². The van der Waals surface area contributed by atoms with Crippen LogP contribution in [0.4, 0.5) is 11.4 Å². The monoisotopic (exact) mass is 375 g/mol. The topological polar surface area (TPSA) is 63.2 Å². The molecule has 0 bridgehead atoms. The Hall–Kier alpha value is -3.34. The van der Waals surface area contributed by atoms with E-state index in [0.29, 0.717) is 18.9 Å². The van der Waals surface area contributed by atoms with Gasteiger partial charge < -0.3 is 20.2 Å². The molecule has 1 aromatic heterocycles. The second-order valence-corrected chi connectivity index (χ2v) is 6.59. The van der Waals surface area contributed by atoms with Gasteiger partial charge in [0.15, 0.2) is 0 Å². The quantitative estimate of drug-likeness (QED) is 0.528. The fourth-order valence-electron chi connectivity index (χ4n) is 2.96. The maximum Gasteiger partial charge on any atom is 0.213 e. The molecule has 0 aliphatic carbocycles. The van der Waals surface area contributed by atoms with Crippen molar-refractivity contribution in [2.75, 3.05) is 17.7 Å². The molecule has 5 nitrogen and oxygen atoms in total. The lowest BCUT2D eigenvalue weighted by Gasteiger charge is -2.20. The molecule has 0 aliphatic heterocycles. The molecule has 1 heterocycles. The number of aromatic nitrogens is 1. The van der Waals surface area contributed by atoms with E-state index in [1.165, 1.54) is 0 Å². The standard InChI is InChI=1S/C23H25N3O2/c1-17(13-14-27)26-23-20(9-6-10-21(23)24-2)19-11-12-22(25-15-19)28-16-18-7-4-3-5-8-18/h3-12,14-15,17,24,26H,13,16H2,1-2H3/t17-/m1/s1. The van der Waals surface area contributed by atoms with Gasteiger partial charge in [0.1, 0.15) is 12.9 Å². The fraction of sp³-hybridized carbons (Fsp3) is 0.217. The van der Waals surface area contributed by atoms with Crippen LogP contribution in [0.3, 0.4) is 0 Å². The summed E-state index contributed by atoms with van der Waals surface area (Å²) in [6.07, 6.45) is 3.19. The van der Waals surface area contributed by atoms with Crippen molar-refractivity contribution < 1.29 is 9.53 Å². The number of pyridine rings is 1. The van der Waals surface area contributed by atoms with Crippen LogP contribution in [0.2, 0.25) is 0 Å². The molecule has 0 unspecified atom stereocenters. The second kappa shape index (κ2) is 9.55. The predicted molar refractivity (Wildman–Crippen MR) is 114 cm³/mol. The van der Waals surface area contributed by atoms with Crippen LogP contribution in [-0.4, -0.2) is 24.4 Å². The van der Waals surface area contributed by atoms with E-state index in [1.807, 2.05) is 80.8 Å². The molecule has 0 saturated carbocycles. The Morgan fingerprint density at radius 2 is 1.89 bits per heavy atom. The number of nitrogens with zero attached hydrogens (tertiary/aromatic N) is 1. The zero-order valence-electron chi connectivity index (χ0n) is 16.2. The highest BCUT2D eigenvalue weighted by atomic mass is 16.5. The van der Waals surface area contributed by atoms with Gasteiger partial charge in [-0.05, 0) is 24.6 Å². The van der Waals surface area contributed by atoms with Crippen LogP contribution >= 0.6 is 0 Å². The van der Waals surface area contributed by atoms with Gasteiger partial charge in [-0.3, -0.25) is 0 Å². The average molecular weight is 375 g/mol. The zero-order chi connectivity index (χ0) is 19.8. The Balaban J connectivity index is 1.80. The molecule has 5 heteroatoms. The van der Waals surface area contributed by atoms with Crippen molar-refractivity contribution in [1.82, 2.24) is 4.98 Å². The number of ether oxygens (including phenoxy) is 1.